The lowest BCUT2D eigenvalue weighted by atomic mass is 9.96. The van der Waals surface area contributed by atoms with Crippen LogP contribution in [0, 0.1) is 11.8 Å². The van der Waals surface area contributed by atoms with Crippen molar-refractivity contribution in [3.63, 3.8) is 0 Å². The molecule has 1 aliphatic rings. The van der Waals surface area contributed by atoms with Gasteiger partial charge in [-0.05, 0) is 23.8 Å². The van der Waals surface area contributed by atoms with E-state index in [0.29, 0.717) is 32.8 Å². The standard InChI is InChI=1S/C18H28N2O3/c1-14(12-23-13-16-6-4-3-5-7-16)10-19-18(22)20-9-8-15(2)17(21)11-20/h3-7,14-15,17,21H,8-13H2,1-2H3,(H,19,22). The Balaban J connectivity index is 1.62. The number of β-amino-alcohol motifs (C(OH)–C–C–N with tert-alkyl or cyclic N) is 1. The lowest BCUT2D eigenvalue weighted by Crippen LogP contribution is -2.50. The highest BCUT2D eigenvalue weighted by Gasteiger charge is 2.27. The van der Waals surface area contributed by atoms with E-state index in [1.54, 1.807) is 4.90 Å². The number of rotatable bonds is 6. The minimum atomic E-state index is -0.416. The average Bonchev–Trinajstić information content (AvgIpc) is 2.56. The summed E-state index contributed by atoms with van der Waals surface area (Å²) in [5.41, 5.74) is 1.15. The normalized spacial score (nSPS) is 22.7. The number of urea groups is 1. The third-order valence-electron chi connectivity index (χ3n) is 4.32. The molecule has 2 N–H and O–H groups in total. The Morgan fingerprint density at radius 2 is 2.17 bits per heavy atom. The van der Waals surface area contributed by atoms with Gasteiger partial charge in [-0.3, -0.25) is 0 Å². The number of carbonyl (C=O) groups is 1. The van der Waals surface area contributed by atoms with Crippen molar-refractivity contribution in [3.05, 3.63) is 35.9 Å². The highest BCUT2D eigenvalue weighted by Crippen LogP contribution is 2.16. The topological polar surface area (TPSA) is 61.8 Å². The van der Waals surface area contributed by atoms with Crippen LogP contribution in [0.5, 0.6) is 0 Å². The summed E-state index contributed by atoms with van der Waals surface area (Å²) in [7, 11) is 0. The third kappa shape index (κ3) is 5.84. The number of aliphatic hydroxyl groups excluding tert-OH is 1. The molecule has 5 heteroatoms. The molecule has 128 valence electrons. The molecular weight excluding hydrogens is 292 g/mol. The van der Waals surface area contributed by atoms with Gasteiger partial charge in [0.15, 0.2) is 0 Å². The van der Waals surface area contributed by atoms with E-state index < -0.39 is 6.10 Å². The van der Waals surface area contributed by atoms with Crippen molar-refractivity contribution < 1.29 is 14.6 Å². The molecule has 1 heterocycles. The molecule has 3 unspecified atom stereocenters. The van der Waals surface area contributed by atoms with Crippen LogP contribution in [0.1, 0.15) is 25.8 Å². The zero-order valence-corrected chi connectivity index (χ0v) is 14.1. The Labute approximate surface area is 138 Å². The summed E-state index contributed by atoms with van der Waals surface area (Å²) >= 11 is 0. The van der Waals surface area contributed by atoms with Gasteiger partial charge in [-0.1, -0.05) is 44.2 Å². The van der Waals surface area contributed by atoms with Crippen LogP contribution < -0.4 is 5.32 Å². The molecule has 2 amide bonds. The van der Waals surface area contributed by atoms with E-state index in [9.17, 15) is 9.90 Å². The van der Waals surface area contributed by atoms with Crippen LogP contribution in [0.25, 0.3) is 0 Å². The van der Waals surface area contributed by atoms with Gasteiger partial charge in [-0.25, -0.2) is 4.79 Å². The number of nitrogens with one attached hydrogen (secondary N) is 1. The van der Waals surface area contributed by atoms with Crippen molar-refractivity contribution in [2.45, 2.75) is 33.0 Å². The Hall–Kier alpha value is -1.59. The molecule has 1 aromatic rings. The van der Waals surface area contributed by atoms with Gasteiger partial charge in [0.25, 0.3) is 0 Å². The lowest BCUT2D eigenvalue weighted by Gasteiger charge is -2.34. The van der Waals surface area contributed by atoms with E-state index >= 15 is 0 Å². The smallest absolute Gasteiger partial charge is 0.317 e. The summed E-state index contributed by atoms with van der Waals surface area (Å²) < 4.78 is 5.69. The van der Waals surface area contributed by atoms with Gasteiger partial charge < -0.3 is 20.1 Å². The van der Waals surface area contributed by atoms with E-state index in [1.165, 1.54) is 0 Å². The summed E-state index contributed by atoms with van der Waals surface area (Å²) in [5, 5.41) is 12.8. The maximum absolute atomic E-state index is 12.1. The fourth-order valence-corrected chi connectivity index (χ4v) is 2.62. The zero-order valence-electron chi connectivity index (χ0n) is 14.1. The molecule has 1 aromatic carbocycles. The minimum Gasteiger partial charge on any atom is -0.391 e. The Kier molecular flexibility index (Phi) is 6.86. The van der Waals surface area contributed by atoms with E-state index in [1.807, 2.05) is 37.3 Å². The quantitative estimate of drug-likeness (QED) is 0.845. The predicted molar refractivity (Wildman–Crippen MR) is 90.0 cm³/mol. The molecule has 0 aromatic heterocycles. The van der Waals surface area contributed by atoms with Crippen LogP contribution in [0.2, 0.25) is 0 Å². The van der Waals surface area contributed by atoms with Gasteiger partial charge in [0.05, 0.1) is 19.3 Å². The third-order valence-corrected chi connectivity index (χ3v) is 4.32. The summed E-state index contributed by atoms with van der Waals surface area (Å²) in [6, 6.07) is 9.96. The number of ether oxygens (including phenoxy) is 1. The minimum absolute atomic E-state index is 0.0918. The lowest BCUT2D eigenvalue weighted by molar-refractivity contribution is 0.0428. The Bertz CT molecular complexity index is 480. The van der Waals surface area contributed by atoms with E-state index in [2.05, 4.69) is 12.2 Å². The van der Waals surface area contributed by atoms with Crippen LogP contribution in [0.15, 0.2) is 30.3 Å². The number of likely N-dealkylation sites (tertiary alicyclic amines) is 1. The second-order valence-corrected chi connectivity index (χ2v) is 6.57. The highest BCUT2D eigenvalue weighted by atomic mass is 16.5. The van der Waals surface area contributed by atoms with Crippen molar-refractivity contribution in [1.29, 1.82) is 0 Å². The number of carbonyl (C=O) groups excluding carboxylic acids is 1. The van der Waals surface area contributed by atoms with Gasteiger partial charge >= 0.3 is 6.03 Å². The number of hydrogen-bond donors (Lipinski definition) is 2. The molecule has 1 aliphatic heterocycles. The molecule has 1 saturated heterocycles. The number of piperidine rings is 1. The van der Waals surface area contributed by atoms with Gasteiger partial charge in [-0.2, -0.15) is 0 Å². The van der Waals surface area contributed by atoms with Gasteiger partial charge in [0.1, 0.15) is 0 Å². The van der Waals surface area contributed by atoms with Crippen LogP contribution in [0.4, 0.5) is 4.79 Å². The summed E-state index contributed by atoms with van der Waals surface area (Å²) in [6.07, 6.45) is 0.436. The molecule has 0 saturated carbocycles. The monoisotopic (exact) mass is 320 g/mol. The van der Waals surface area contributed by atoms with Gasteiger partial charge in [-0.15, -0.1) is 0 Å². The second-order valence-electron chi connectivity index (χ2n) is 6.57. The van der Waals surface area contributed by atoms with Gasteiger partial charge in [0, 0.05) is 19.6 Å². The molecule has 0 aliphatic carbocycles. The maximum atomic E-state index is 12.1. The molecule has 5 nitrogen and oxygen atoms in total. The Morgan fingerprint density at radius 1 is 1.43 bits per heavy atom. The highest BCUT2D eigenvalue weighted by molar-refractivity contribution is 5.74. The molecule has 1 fully saturated rings. The van der Waals surface area contributed by atoms with Crippen molar-refractivity contribution in [2.24, 2.45) is 11.8 Å². The summed E-state index contributed by atoms with van der Waals surface area (Å²) in [6.45, 7) is 6.99. The second kappa shape index (κ2) is 8.89. The van der Waals surface area contributed by atoms with Crippen LogP contribution in [-0.2, 0) is 11.3 Å². The molecule has 0 spiro atoms. The number of benzene rings is 1. The first-order valence-corrected chi connectivity index (χ1v) is 8.38. The Morgan fingerprint density at radius 3 is 2.87 bits per heavy atom. The first-order chi connectivity index (χ1) is 11.1. The van der Waals surface area contributed by atoms with Crippen LogP contribution in [-0.4, -0.2) is 48.4 Å². The zero-order chi connectivity index (χ0) is 16.7. The van der Waals surface area contributed by atoms with Crippen molar-refractivity contribution in [3.8, 4) is 0 Å². The average molecular weight is 320 g/mol. The SMILES string of the molecule is CC(CNC(=O)N1CCC(C)C(O)C1)COCc1ccccc1. The van der Waals surface area contributed by atoms with Gasteiger partial charge in [0.2, 0.25) is 0 Å². The molecule has 3 atom stereocenters. The number of hydrogen-bond acceptors (Lipinski definition) is 3. The van der Waals surface area contributed by atoms with E-state index in [-0.39, 0.29) is 17.9 Å². The molecule has 2 rings (SSSR count). The first kappa shape index (κ1) is 17.8. The molecule has 0 radical (unpaired) electrons. The van der Waals surface area contributed by atoms with Crippen LogP contribution >= 0.6 is 0 Å². The summed E-state index contributed by atoms with van der Waals surface area (Å²) in [5.74, 6) is 0.515. The van der Waals surface area contributed by atoms with Crippen molar-refractivity contribution >= 4 is 6.03 Å². The maximum Gasteiger partial charge on any atom is 0.317 e. The molecule has 23 heavy (non-hydrogen) atoms. The fraction of sp³-hybridized carbons (Fsp3) is 0.611. The number of amides is 2. The van der Waals surface area contributed by atoms with E-state index in [4.69, 9.17) is 4.74 Å². The largest absolute Gasteiger partial charge is 0.391 e. The summed E-state index contributed by atoms with van der Waals surface area (Å²) in [4.78, 5) is 13.8. The van der Waals surface area contributed by atoms with Crippen LogP contribution in [0.3, 0.4) is 0 Å². The van der Waals surface area contributed by atoms with Crippen molar-refractivity contribution in [2.75, 3.05) is 26.2 Å². The molecular formula is C18H28N2O3. The first-order valence-electron chi connectivity index (χ1n) is 8.38. The van der Waals surface area contributed by atoms with E-state index in [0.717, 1.165) is 12.0 Å². The molecule has 0 bridgehead atoms. The fourth-order valence-electron chi connectivity index (χ4n) is 2.62. The predicted octanol–water partition coefficient (Wildman–Crippen LogP) is 2.25. The number of aliphatic hydroxyl groups is 1. The number of nitrogens with zero attached hydrogens (tertiary/aromatic N) is 1. The van der Waals surface area contributed by atoms with Crippen molar-refractivity contribution in [1.82, 2.24) is 10.2 Å².